The standard InChI is InChI=1S/C22H30N4O3/c1-16-9-11-22(12-10-16)20(28)26(21(29)24-22)15-19(27)23-17-7-3-4-8-18(17)25-13-5-2-6-14-25/h3-4,7-8,16H,2,5-6,9-15H2,1H3,(H,23,27)(H,24,29). The molecule has 2 aliphatic heterocycles. The van der Waals surface area contributed by atoms with Crippen LogP contribution < -0.4 is 15.5 Å². The van der Waals surface area contributed by atoms with Gasteiger partial charge in [-0.15, -0.1) is 0 Å². The number of hydrogen-bond acceptors (Lipinski definition) is 4. The third-order valence-electron chi connectivity index (χ3n) is 6.55. The average molecular weight is 399 g/mol. The molecule has 4 amide bonds. The summed E-state index contributed by atoms with van der Waals surface area (Å²) in [5, 5.41) is 5.79. The van der Waals surface area contributed by atoms with E-state index in [1.807, 2.05) is 24.3 Å². The number of rotatable bonds is 4. The van der Waals surface area contributed by atoms with E-state index in [0.29, 0.717) is 18.8 Å². The van der Waals surface area contributed by atoms with Crippen LogP contribution >= 0.6 is 0 Å². The number of para-hydroxylation sites is 2. The molecule has 2 heterocycles. The second-order valence-electron chi connectivity index (χ2n) is 8.70. The monoisotopic (exact) mass is 398 g/mol. The van der Waals surface area contributed by atoms with Gasteiger partial charge in [0.2, 0.25) is 5.91 Å². The molecule has 1 aromatic rings. The number of nitrogens with zero attached hydrogens (tertiary/aromatic N) is 2. The summed E-state index contributed by atoms with van der Waals surface area (Å²) in [6.45, 7) is 3.86. The average Bonchev–Trinajstić information content (AvgIpc) is 2.95. The molecule has 3 fully saturated rings. The van der Waals surface area contributed by atoms with E-state index in [2.05, 4.69) is 22.5 Å². The predicted molar refractivity (Wildman–Crippen MR) is 112 cm³/mol. The normalized spacial score (nSPS) is 27.3. The van der Waals surface area contributed by atoms with Gasteiger partial charge in [-0.1, -0.05) is 19.1 Å². The van der Waals surface area contributed by atoms with Crippen molar-refractivity contribution < 1.29 is 14.4 Å². The Labute approximate surface area is 171 Å². The lowest BCUT2D eigenvalue weighted by molar-refractivity contribution is -0.135. The third kappa shape index (κ3) is 3.95. The minimum atomic E-state index is -0.810. The van der Waals surface area contributed by atoms with E-state index in [-0.39, 0.29) is 18.4 Å². The molecule has 0 unspecified atom stereocenters. The second kappa shape index (κ2) is 8.05. The first-order valence-corrected chi connectivity index (χ1v) is 10.8. The van der Waals surface area contributed by atoms with E-state index >= 15 is 0 Å². The Balaban J connectivity index is 1.43. The largest absolute Gasteiger partial charge is 0.370 e. The lowest BCUT2D eigenvalue weighted by atomic mass is 9.77. The first-order valence-electron chi connectivity index (χ1n) is 10.8. The highest BCUT2D eigenvalue weighted by Gasteiger charge is 2.52. The molecule has 2 saturated heterocycles. The summed E-state index contributed by atoms with van der Waals surface area (Å²) in [6, 6.07) is 7.27. The van der Waals surface area contributed by atoms with Crippen LogP contribution in [0, 0.1) is 5.92 Å². The zero-order valence-corrected chi connectivity index (χ0v) is 17.1. The van der Waals surface area contributed by atoms with E-state index in [4.69, 9.17) is 0 Å². The van der Waals surface area contributed by atoms with Crippen LogP contribution in [-0.4, -0.2) is 47.9 Å². The van der Waals surface area contributed by atoms with Crippen LogP contribution in [0.15, 0.2) is 24.3 Å². The van der Waals surface area contributed by atoms with Gasteiger partial charge in [-0.2, -0.15) is 0 Å². The fourth-order valence-corrected chi connectivity index (χ4v) is 4.74. The maximum Gasteiger partial charge on any atom is 0.325 e. The maximum atomic E-state index is 13.0. The Morgan fingerprint density at radius 1 is 1.14 bits per heavy atom. The van der Waals surface area contributed by atoms with Gasteiger partial charge in [0.05, 0.1) is 11.4 Å². The molecule has 0 aromatic heterocycles. The fourth-order valence-electron chi connectivity index (χ4n) is 4.74. The molecule has 1 saturated carbocycles. The number of imide groups is 1. The van der Waals surface area contributed by atoms with Gasteiger partial charge in [-0.05, 0) is 63.0 Å². The number of amides is 4. The van der Waals surface area contributed by atoms with Crippen LogP contribution in [0.3, 0.4) is 0 Å². The van der Waals surface area contributed by atoms with Crippen LogP contribution in [0.2, 0.25) is 0 Å². The van der Waals surface area contributed by atoms with Crippen molar-refractivity contribution >= 4 is 29.2 Å². The van der Waals surface area contributed by atoms with Crippen molar-refractivity contribution in [3.63, 3.8) is 0 Å². The molecule has 156 valence electrons. The van der Waals surface area contributed by atoms with Crippen LogP contribution in [0.4, 0.5) is 16.2 Å². The van der Waals surface area contributed by atoms with Crippen molar-refractivity contribution in [3.05, 3.63) is 24.3 Å². The number of piperidine rings is 1. The third-order valence-corrected chi connectivity index (χ3v) is 6.55. The molecule has 0 atom stereocenters. The predicted octanol–water partition coefficient (Wildman–Crippen LogP) is 3.12. The molecule has 7 nitrogen and oxygen atoms in total. The highest BCUT2D eigenvalue weighted by Crippen LogP contribution is 2.36. The molecule has 0 bridgehead atoms. The molecule has 1 spiro atoms. The van der Waals surface area contributed by atoms with Crippen LogP contribution in [0.1, 0.15) is 51.9 Å². The van der Waals surface area contributed by atoms with E-state index < -0.39 is 11.6 Å². The van der Waals surface area contributed by atoms with Gasteiger partial charge in [-0.3, -0.25) is 14.5 Å². The van der Waals surface area contributed by atoms with Crippen molar-refractivity contribution in [2.24, 2.45) is 5.92 Å². The first kappa shape index (κ1) is 19.7. The SMILES string of the molecule is CC1CCC2(CC1)NC(=O)N(CC(=O)Nc1ccccc1N1CCCCC1)C2=O. The van der Waals surface area contributed by atoms with Gasteiger partial charge in [0.25, 0.3) is 5.91 Å². The van der Waals surface area contributed by atoms with Gasteiger partial charge in [0.15, 0.2) is 0 Å². The van der Waals surface area contributed by atoms with Crippen LogP contribution in [-0.2, 0) is 9.59 Å². The first-order chi connectivity index (χ1) is 14.0. The Morgan fingerprint density at radius 3 is 2.55 bits per heavy atom. The summed E-state index contributed by atoms with van der Waals surface area (Å²) in [5.74, 6) is -0.0398. The van der Waals surface area contributed by atoms with E-state index in [0.717, 1.165) is 55.0 Å². The van der Waals surface area contributed by atoms with E-state index in [1.165, 1.54) is 6.42 Å². The minimum absolute atomic E-state index is 0.254. The van der Waals surface area contributed by atoms with Gasteiger partial charge >= 0.3 is 6.03 Å². The van der Waals surface area contributed by atoms with E-state index in [9.17, 15) is 14.4 Å². The van der Waals surface area contributed by atoms with Gasteiger partial charge < -0.3 is 15.5 Å². The quantitative estimate of drug-likeness (QED) is 0.764. The number of benzene rings is 1. The Hall–Kier alpha value is -2.57. The molecule has 4 rings (SSSR count). The minimum Gasteiger partial charge on any atom is -0.370 e. The van der Waals surface area contributed by atoms with Crippen molar-refractivity contribution in [2.75, 3.05) is 29.9 Å². The summed E-state index contributed by atoms with van der Waals surface area (Å²) < 4.78 is 0. The zero-order valence-electron chi connectivity index (χ0n) is 17.1. The molecular formula is C22H30N4O3. The van der Waals surface area contributed by atoms with Gasteiger partial charge in [-0.25, -0.2) is 4.79 Å². The number of urea groups is 1. The number of nitrogens with one attached hydrogen (secondary N) is 2. The van der Waals surface area contributed by atoms with Gasteiger partial charge in [0, 0.05) is 13.1 Å². The fraction of sp³-hybridized carbons (Fsp3) is 0.591. The summed E-state index contributed by atoms with van der Waals surface area (Å²) in [5.41, 5.74) is 0.915. The molecule has 0 radical (unpaired) electrons. The lowest BCUT2D eigenvalue weighted by Gasteiger charge is -2.33. The number of hydrogen-bond donors (Lipinski definition) is 2. The molecular weight excluding hydrogens is 368 g/mol. The second-order valence-corrected chi connectivity index (χ2v) is 8.70. The molecule has 3 aliphatic rings. The zero-order chi connectivity index (χ0) is 20.4. The molecule has 1 aliphatic carbocycles. The lowest BCUT2D eigenvalue weighted by Crippen LogP contribution is -2.49. The van der Waals surface area contributed by atoms with E-state index in [1.54, 1.807) is 0 Å². The van der Waals surface area contributed by atoms with Gasteiger partial charge in [0.1, 0.15) is 12.1 Å². The molecule has 7 heteroatoms. The molecule has 29 heavy (non-hydrogen) atoms. The number of carbonyl (C=O) groups is 3. The molecule has 2 N–H and O–H groups in total. The number of carbonyl (C=O) groups excluding carboxylic acids is 3. The Morgan fingerprint density at radius 2 is 1.83 bits per heavy atom. The smallest absolute Gasteiger partial charge is 0.325 e. The topological polar surface area (TPSA) is 81.8 Å². The van der Waals surface area contributed by atoms with Crippen LogP contribution in [0.25, 0.3) is 0 Å². The van der Waals surface area contributed by atoms with Crippen molar-refractivity contribution in [2.45, 2.75) is 57.4 Å². The maximum absolute atomic E-state index is 13.0. The summed E-state index contributed by atoms with van der Waals surface area (Å²) >= 11 is 0. The highest BCUT2D eigenvalue weighted by atomic mass is 16.2. The molecule has 1 aromatic carbocycles. The Kier molecular flexibility index (Phi) is 5.48. The van der Waals surface area contributed by atoms with Crippen molar-refractivity contribution in [1.82, 2.24) is 10.2 Å². The number of anilines is 2. The highest BCUT2D eigenvalue weighted by molar-refractivity contribution is 6.10. The summed E-state index contributed by atoms with van der Waals surface area (Å²) in [6.07, 6.45) is 6.64. The van der Waals surface area contributed by atoms with Crippen molar-refractivity contribution in [3.8, 4) is 0 Å². The summed E-state index contributed by atoms with van der Waals surface area (Å²) in [4.78, 5) is 41.5. The summed E-state index contributed by atoms with van der Waals surface area (Å²) in [7, 11) is 0. The Bertz CT molecular complexity index is 795. The van der Waals surface area contributed by atoms with Crippen LogP contribution in [0.5, 0.6) is 0 Å². The van der Waals surface area contributed by atoms with Crippen molar-refractivity contribution in [1.29, 1.82) is 0 Å².